The molecule has 0 radical (unpaired) electrons. The average Bonchev–Trinajstić information content (AvgIpc) is 3.03. The summed E-state index contributed by atoms with van der Waals surface area (Å²) in [7, 11) is -3.79. The van der Waals surface area contributed by atoms with Crippen molar-refractivity contribution in [2.45, 2.75) is 11.4 Å². The van der Waals surface area contributed by atoms with Gasteiger partial charge >= 0.3 is 0 Å². The van der Waals surface area contributed by atoms with Crippen LogP contribution in [0.5, 0.6) is 0 Å². The number of rotatable bonds is 5. The van der Waals surface area contributed by atoms with E-state index in [2.05, 4.69) is 19.8 Å². The van der Waals surface area contributed by atoms with E-state index < -0.39 is 15.8 Å². The molecule has 0 amide bonds. The van der Waals surface area contributed by atoms with Crippen molar-refractivity contribution in [2.75, 3.05) is 0 Å². The molecular weight excluding hydrogens is 323 g/mol. The van der Waals surface area contributed by atoms with Gasteiger partial charge < -0.3 is 4.52 Å². The first-order chi connectivity index (χ1) is 11.0. The SMILES string of the molecule is O=S(=O)(NCc1nc(-c2ccccn2)no1)c1ccc(F)cc1. The molecule has 0 aliphatic heterocycles. The molecule has 0 aliphatic rings. The highest BCUT2D eigenvalue weighted by Gasteiger charge is 2.16. The maximum atomic E-state index is 12.8. The van der Waals surface area contributed by atoms with Crippen LogP contribution in [-0.4, -0.2) is 23.5 Å². The van der Waals surface area contributed by atoms with Crippen LogP contribution in [-0.2, 0) is 16.6 Å². The Balaban J connectivity index is 1.71. The van der Waals surface area contributed by atoms with Crippen LogP contribution in [0.25, 0.3) is 11.5 Å². The smallest absolute Gasteiger partial charge is 0.242 e. The minimum Gasteiger partial charge on any atom is -0.337 e. The number of hydrogen-bond acceptors (Lipinski definition) is 6. The second kappa shape index (κ2) is 6.23. The molecule has 0 saturated carbocycles. The fourth-order valence-corrected chi connectivity index (χ4v) is 2.75. The lowest BCUT2D eigenvalue weighted by Gasteiger charge is -2.04. The molecular formula is C14H11FN4O3S. The second-order valence-electron chi connectivity index (χ2n) is 4.51. The average molecular weight is 334 g/mol. The number of sulfonamides is 1. The molecule has 2 heterocycles. The monoisotopic (exact) mass is 334 g/mol. The van der Waals surface area contributed by atoms with Crippen LogP contribution in [0.3, 0.4) is 0 Å². The van der Waals surface area contributed by atoms with Crippen LogP contribution in [0.1, 0.15) is 5.89 Å². The summed E-state index contributed by atoms with van der Waals surface area (Å²) in [5.74, 6) is -0.154. The first kappa shape index (κ1) is 15.3. The lowest BCUT2D eigenvalue weighted by Crippen LogP contribution is -2.23. The Morgan fingerprint density at radius 3 is 2.61 bits per heavy atom. The van der Waals surface area contributed by atoms with E-state index in [9.17, 15) is 12.8 Å². The molecule has 3 rings (SSSR count). The zero-order valence-electron chi connectivity index (χ0n) is 11.7. The number of nitrogens with one attached hydrogen (secondary N) is 1. The molecule has 0 unspecified atom stereocenters. The molecule has 0 spiro atoms. The van der Waals surface area contributed by atoms with Crippen molar-refractivity contribution in [1.82, 2.24) is 19.8 Å². The van der Waals surface area contributed by atoms with Crippen molar-refractivity contribution in [3.05, 3.63) is 60.4 Å². The summed E-state index contributed by atoms with van der Waals surface area (Å²) >= 11 is 0. The van der Waals surface area contributed by atoms with Gasteiger partial charge in [0.25, 0.3) is 0 Å². The summed E-state index contributed by atoms with van der Waals surface area (Å²) in [4.78, 5) is 8.08. The number of nitrogens with zero attached hydrogens (tertiary/aromatic N) is 3. The Morgan fingerprint density at radius 1 is 1.13 bits per heavy atom. The Kier molecular flexibility index (Phi) is 4.13. The first-order valence-corrected chi connectivity index (χ1v) is 8.02. The van der Waals surface area contributed by atoms with Crippen molar-refractivity contribution >= 4 is 10.0 Å². The predicted octanol–water partition coefficient (Wildman–Crippen LogP) is 1.75. The van der Waals surface area contributed by atoms with E-state index in [1.807, 2.05) is 0 Å². The molecule has 0 bridgehead atoms. The lowest BCUT2D eigenvalue weighted by molar-refractivity contribution is 0.375. The van der Waals surface area contributed by atoms with Gasteiger partial charge in [-0.2, -0.15) is 4.98 Å². The molecule has 1 N–H and O–H groups in total. The van der Waals surface area contributed by atoms with E-state index in [1.54, 1.807) is 24.4 Å². The molecule has 2 aromatic heterocycles. The van der Waals surface area contributed by atoms with E-state index in [0.717, 1.165) is 12.1 Å². The van der Waals surface area contributed by atoms with Gasteiger partial charge in [-0.15, -0.1) is 0 Å². The van der Waals surface area contributed by atoms with Crippen molar-refractivity contribution < 1.29 is 17.3 Å². The predicted molar refractivity (Wildman–Crippen MR) is 78.0 cm³/mol. The summed E-state index contributed by atoms with van der Waals surface area (Å²) in [5.41, 5.74) is 0.517. The van der Waals surface area contributed by atoms with Crippen LogP contribution in [0.4, 0.5) is 4.39 Å². The quantitative estimate of drug-likeness (QED) is 0.763. The topological polar surface area (TPSA) is 98.0 Å². The summed E-state index contributed by atoms with van der Waals surface area (Å²) in [6.07, 6.45) is 1.59. The Labute approximate surface area is 131 Å². The van der Waals surface area contributed by atoms with Crippen molar-refractivity contribution in [2.24, 2.45) is 0 Å². The Bertz CT molecular complexity index is 895. The zero-order chi connectivity index (χ0) is 16.3. The molecule has 7 nitrogen and oxygen atoms in total. The number of aromatic nitrogens is 3. The van der Waals surface area contributed by atoms with Gasteiger partial charge in [0, 0.05) is 6.20 Å². The largest absolute Gasteiger partial charge is 0.337 e. The zero-order valence-corrected chi connectivity index (χ0v) is 12.5. The van der Waals surface area contributed by atoms with Gasteiger partial charge in [0.1, 0.15) is 11.5 Å². The molecule has 9 heteroatoms. The van der Waals surface area contributed by atoms with E-state index >= 15 is 0 Å². The summed E-state index contributed by atoms with van der Waals surface area (Å²) in [5, 5.41) is 3.74. The Morgan fingerprint density at radius 2 is 1.91 bits per heavy atom. The number of pyridine rings is 1. The van der Waals surface area contributed by atoms with Crippen LogP contribution in [0, 0.1) is 5.82 Å². The van der Waals surface area contributed by atoms with E-state index in [0.29, 0.717) is 5.69 Å². The number of hydrogen-bond donors (Lipinski definition) is 1. The van der Waals surface area contributed by atoms with Crippen LogP contribution in [0.2, 0.25) is 0 Å². The molecule has 0 atom stereocenters. The van der Waals surface area contributed by atoms with Crippen LogP contribution >= 0.6 is 0 Å². The van der Waals surface area contributed by atoms with Crippen molar-refractivity contribution in [1.29, 1.82) is 0 Å². The summed E-state index contributed by atoms with van der Waals surface area (Å²) < 4.78 is 44.2. The van der Waals surface area contributed by atoms with Crippen LogP contribution < -0.4 is 4.72 Å². The molecule has 3 aromatic rings. The van der Waals surface area contributed by atoms with Gasteiger partial charge in [-0.3, -0.25) is 4.98 Å². The van der Waals surface area contributed by atoms with Crippen molar-refractivity contribution in [3.8, 4) is 11.5 Å². The third kappa shape index (κ3) is 3.58. The fourth-order valence-electron chi connectivity index (χ4n) is 1.78. The van der Waals surface area contributed by atoms with Gasteiger partial charge in [0.15, 0.2) is 0 Å². The highest BCUT2D eigenvalue weighted by Crippen LogP contribution is 2.13. The molecule has 1 aromatic carbocycles. The minimum absolute atomic E-state index is 0.0524. The highest BCUT2D eigenvalue weighted by molar-refractivity contribution is 7.89. The van der Waals surface area contributed by atoms with Crippen LogP contribution in [0.15, 0.2) is 58.1 Å². The molecule has 0 fully saturated rings. The standard InChI is InChI=1S/C14H11FN4O3S/c15-10-4-6-11(7-5-10)23(20,21)17-9-13-18-14(19-22-13)12-3-1-2-8-16-12/h1-8,17H,9H2. The van der Waals surface area contributed by atoms with E-state index in [4.69, 9.17) is 4.52 Å². The lowest BCUT2D eigenvalue weighted by atomic mass is 10.3. The van der Waals surface area contributed by atoms with E-state index in [1.165, 1.54) is 12.1 Å². The molecule has 0 aliphatic carbocycles. The van der Waals surface area contributed by atoms with Gasteiger partial charge in [-0.1, -0.05) is 11.2 Å². The summed E-state index contributed by atoms with van der Waals surface area (Å²) in [6, 6.07) is 9.71. The van der Waals surface area contributed by atoms with Gasteiger partial charge in [0.05, 0.1) is 11.4 Å². The first-order valence-electron chi connectivity index (χ1n) is 6.54. The number of halogens is 1. The third-order valence-electron chi connectivity index (χ3n) is 2.90. The highest BCUT2D eigenvalue weighted by atomic mass is 32.2. The van der Waals surface area contributed by atoms with Crippen molar-refractivity contribution in [3.63, 3.8) is 0 Å². The number of benzene rings is 1. The van der Waals surface area contributed by atoms with E-state index in [-0.39, 0.29) is 23.2 Å². The van der Waals surface area contributed by atoms with Gasteiger partial charge in [-0.25, -0.2) is 17.5 Å². The van der Waals surface area contributed by atoms with Gasteiger partial charge in [-0.05, 0) is 36.4 Å². The second-order valence-corrected chi connectivity index (χ2v) is 6.27. The maximum Gasteiger partial charge on any atom is 0.242 e. The maximum absolute atomic E-state index is 12.8. The van der Waals surface area contributed by atoms with Gasteiger partial charge in [0.2, 0.25) is 21.7 Å². The molecule has 23 heavy (non-hydrogen) atoms. The summed E-state index contributed by atoms with van der Waals surface area (Å²) in [6.45, 7) is -0.181. The molecule has 118 valence electrons. The Hall–Kier alpha value is -2.65. The fraction of sp³-hybridized carbons (Fsp3) is 0.0714. The third-order valence-corrected chi connectivity index (χ3v) is 4.32. The molecule has 0 saturated heterocycles. The minimum atomic E-state index is -3.79. The normalized spacial score (nSPS) is 11.5.